The van der Waals surface area contributed by atoms with Crippen LogP contribution in [0.1, 0.15) is 19.7 Å². The number of aromatic nitrogens is 3. The molecule has 8 nitrogen and oxygen atoms in total. The van der Waals surface area contributed by atoms with Crippen molar-refractivity contribution >= 4 is 33.8 Å². The van der Waals surface area contributed by atoms with Crippen molar-refractivity contribution in [1.82, 2.24) is 19.4 Å². The zero-order valence-electron chi connectivity index (χ0n) is 14.3. The molecular formula is C17H22N6O2. The number of nitrogen functional groups attached to an aromatic ring is 1. The molecule has 0 radical (unpaired) electrons. The second-order valence-corrected chi connectivity index (χ2v) is 6.17. The number of urea groups is 1. The number of primary amides is 1. The minimum absolute atomic E-state index is 0.0201. The monoisotopic (exact) mass is 342 g/mol. The van der Waals surface area contributed by atoms with E-state index in [0.717, 1.165) is 16.4 Å². The highest BCUT2D eigenvalue weighted by atomic mass is 16.3. The number of imidazole rings is 1. The summed E-state index contributed by atoms with van der Waals surface area (Å²) in [6.45, 7) is 4.42. The van der Waals surface area contributed by atoms with Crippen molar-refractivity contribution in [3.8, 4) is 0 Å². The topological polar surface area (TPSA) is 123 Å². The molecule has 2 amide bonds. The number of rotatable bonds is 5. The molecule has 0 atom stereocenters. The number of para-hydroxylation sites is 1. The Morgan fingerprint density at radius 3 is 2.68 bits per heavy atom. The molecule has 5 N–H and O–H groups in total. The Kier molecular flexibility index (Phi) is 4.45. The Morgan fingerprint density at radius 1 is 1.32 bits per heavy atom. The lowest BCUT2D eigenvalue weighted by Crippen LogP contribution is -2.42. The summed E-state index contributed by atoms with van der Waals surface area (Å²) in [4.78, 5) is 22.0. The van der Waals surface area contributed by atoms with Gasteiger partial charge in [0.1, 0.15) is 17.9 Å². The number of hydrogen-bond acceptors (Lipinski definition) is 5. The molecule has 8 heteroatoms. The normalized spacial score (nSPS) is 11.5. The van der Waals surface area contributed by atoms with Crippen molar-refractivity contribution in [3.63, 3.8) is 0 Å². The highest BCUT2D eigenvalue weighted by molar-refractivity contribution is 6.06. The van der Waals surface area contributed by atoms with Crippen LogP contribution in [0, 0.1) is 0 Å². The van der Waals surface area contributed by atoms with Gasteiger partial charge >= 0.3 is 6.03 Å². The number of nitrogens with zero attached hydrogens (tertiary/aromatic N) is 4. The number of hydrogen-bond donors (Lipinski definition) is 3. The number of nitrogens with two attached hydrogens (primary N) is 2. The number of fused-ring (bicyclic) bond motifs is 3. The van der Waals surface area contributed by atoms with Gasteiger partial charge in [0.2, 0.25) is 0 Å². The molecule has 0 saturated heterocycles. The third-order valence-electron chi connectivity index (χ3n) is 4.30. The first-order valence-corrected chi connectivity index (χ1v) is 8.14. The van der Waals surface area contributed by atoms with Crippen LogP contribution in [0.15, 0.2) is 24.3 Å². The minimum Gasteiger partial charge on any atom is -0.388 e. The maximum atomic E-state index is 11.6. The molecule has 0 aliphatic rings. The van der Waals surface area contributed by atoms with Crippen LogP contribution in [0.5, 0.6) is 0 Å². The standard InChI is InChI=1S/C17H22N6O2/c1-10(2)22(17(19)25)7-8-23-13(9-24)21-14-15(23)11-5-3-4-6-12(11)20-16(14)18/h3-6,10,24H,7-9H2,1-2H3,(H2,18,20)(H2,19,25). The van der Waals surface area contributed by atoms with Gasteiger partial charge in [-0.25, -0.2) is 14.8 Å². The van der Waals surface area contributed by atoms with Crippen LogP contribution in [0.2, 0.25) is 0 Å². The first-order valence-electron chi connectivity index (χ1n) is 8.14. The Balaban J connectivity index is 2.14. The van der Waals surface area contributed by atoms with Gasteiger partial charge < -0.3 is 26.0 Å². The van der Waals surface area contributed by atoms with Gasteiger partial charge in [-0.05, 0) is 19.9 Å². The number of amides is 2. The van der Waals surface area contributed by atoms with E-state index >= 15 is 0 Å². The summed E-state index contributed by atoms with van der Waals surface area (Å²) in [5.74, 6) is 0.797. The molecule has 2 heterocycles. The maximum absolute atomic E-state index is 11.6. The number of benzene rings is 1. The number of carbonyl (C=O) groups is 1. The average molecular weight is 342 g/mol. The molecule has 0 fully saturated rings. The average Bonchev–Trinajstić information content (AvgIpc) is 2.94. The number of carbonyl (C=O) groups excluding carboxylic acids is 1. The summed E-state index contributed by atoms with van der Waals surface area (Å²) in [5, 5.41) is 10.6. The van der Waals surface area contributed by atoms with Crippen LogP contribution in [0.3, 0.4) is 0 Å². The summed E-state index contributed by atoms with van der Waals surface area (Å²) in [6, 6.07) is 7.13. The van der Waals surface area contributed by atoms with Crippen LogP contribution in [-0.4, -0.2) is 43.2 Å². The fourth-order valence-corrected chi connectivity index (χ4v) is 3.10. The molecule has 0 bridgehead atoms. The predicted octanol–water partition coefficient (Wildman–Crippen LogP) is 1.45. The number of pyridine rings is 1. The van der Waals surface area contributed by atoms with Crippen molar-refractivity contribution in [1.29, 1.82) is 0 Å². The number of aliphatic hydroxyl groups excluding tert-OH is 1. The van der Waals surface area contributed by atoms with E-state index in [1.165, 1.54) is 0 Å². The molecule has 3 aromatic rings. The van der Waals surface area contributed by atoms with Crippen molar-refractivity contribution < 1.29 is 9.90 Å². The lowest BCUT2D eigenvalue weighted by molar-refractivity contribution is 0.189. The van der Waals surface area contributed by atoms with Crippen molar-refractivity contribution in [2.75, 3.05) is 12.3 Å². The van der Waals surface area contributed by atoms with Crippen molar-refractivity contribution in [2.45, 2.75) is 33.0 Å². The quantitative estimate of drug-likeness (QED) is 0.647. The molecule has 0 aliphatic heterocycles. The molecule has 0 aliphatic carbocycles. The van der Waals surface area contributed by atoms with Gasteiger partial charge in [-0.1, -0.05) is 18.2 Å². The first-order chi connectivity index (χ1) is 11.9. The van der Waals surface area contributed by atoms with E-state index in [2.05, 4.69) is 9.97 Å². The van der Waals surface area contributed by atoms with E-state index in [4.69, 9.17) is 11.5 Å². The number of anilines is 1. The number of aliphatic hydroxyl groups is 1. The van der Waals surface area contributed by atoms with E-state index in [0.29, 0.717) is 30.2 Å². The molecule has 1 aromatic carbocycles. The Bertz CT molecular complexity index is 934. The molecule has 0 saturated carbocycles. The van der Waals surface area contributed by atoms with E-state index in [9.17, 15) is 9.90 Å². The molecule has 2 aromatic heterocycles. The van der Waals surface area contributed by atoms with Gasteiger partial charge in [0.05, 0.1) is 11.0 Å². The molecular weight excluding hydrogens is 320 g/mol. The zero-order chi connectivity index (χ0) is 18.1. The van der Waals surface area contributed by atoms with Gasteiger partial charge in [-0.2, -0.15) is 0 Å². The lowest BCUT2D eigenvalue weighted by atomic mass is 10.2. The third kappa shape index (κ3) is 2.96. The van der Waals surface area contributed by atoms with E-state index in [1.807, 2.05) is 42.7 Å². The maximum Gasteiger partial charge on any atom is 0.315 e. The highest BCUT2D eigenvalue weighted by Crippen LogP contribution is 2.28. The van der Waals surface area contributed by atoms with Gasteiger partial charge in [0, 0.05) is 24.5 Å². The van der Waals surface area contributed by atoms with Crippen molar-refractivity contribution in [2.24, 2.45) is 5.73 Å². The summed E-state index contributed by atoms with van der Waals surface area (Å²) < 4.78 is 1.88. The Morgan fingerprint density at radius 2 is 2.04 bits per heavy atom. The molecule has 132 valence electrons. The molecule has 25 heavy (non-hydrogen) atoms. The summed E-state index contributed by atoms with van der Waals surface area (Å²) in [6.07, 6.45) is 0. The second-order valence-electron chi connectivity index (χ2n) is 6.17. The summed E-state index contributed by atoms with van der Waals surface area (Å²) >= 11 is 0. The van der Waals surface area contributed by atoms with Gasteiger partial charge in [-0.15, -0.1) is 0 Å². The van der Waals surface area contributed by atoms with Gasteiger partial charge in [-0.3, -0.25) is 0 Å². The smallest absolute Gasteiger partial charge is 0.315 e. The largest absolute Gasteiger partial charge is 0.388 e. The Hall–Kier alpha value is -2.87. The minimum atomic E-state index is -0.476. The van der Waals surface area contributed by atoms with Crippen LogP contribution in [0.25, 0.3) is 21.9 Å². The molecule has 3 rings (SSSR count). The van der Waals surface area contributed by atoms with E-state index in [1.54, 1.807) is 4.90 Å². The second kappa shape index (κ2) is 6.56. The highest BCUT2D eigenvalue weighted by Gasteiger charge is 2.19. The van der Waals surface area contributed by atoms with Gasteiger partial charge in [0.25, 0.3) is 0 Å². The fourth-order valence-electron chi connectivity index (χ4n) is 3.10. The van der Waals surface area contributed by atoms with Crippen LogP contribution < -0.4 is 11.5 Å². The molecule has 0 spiro atoms. The van der Waals surface area contributed by atoms with Gasteiger partial charge in [0.15, 0.2) is 5.82 Å². The Labute approximate surface area is 145 Å². The SMILES string of the molecule is CC(C)N(CCn1c(CO)nc2c(N)nc3ccccc3c21)C(N)=O. The van der Waals surface area contributed by atoms with Crippen LogP contribution >= 0.6 is 0 Å². The predicted molar refractivity (Wildman–Crippen MR) is 96.8 cm³/mol. The van der Waals surface area contributed by atoms with E-state index < -0.39 is 6.03 Å². The third-order valence-corrected chi connectivity index (χ3v) is 4.30. The summed E-state index contributed by atoms with van der Waals surface area (Å²) in [5.41, 5.74) is 13.6. The van der Waals surface area contributed by atoms with Crippen LogP contribution in [0.4, 0.5) is 10.6 Å². The fraction of sp³-hybridized carbons (Fsp3) is 0.353. The van der Waals surface area contributed by atoms with Crippen molar-refractivity contribution in [3.05, 3.63) is 30.1 Å². The summed E-state index contributed by atoms with van der Waals surface area (Å²) in [7, 11) is 0. The van der Waals surface area contributed by atoms with Crippen LogP contribution in [-0.2, 0) is 13.2 Å². The zero-order valence-corrected chi connectivity index (χ0v) is 14.3. The first kappa shape index (κ1) is 17.0. The lowest BCUT2D eigenvalue weighted by Gasteiger charge is -2.25. The molecule has 0 unspecified atom stereocenters. The van der Waals surface area contributed by atoms with E-state index in [-0.39, 0.29) is 12.6 Å².